The van der Waals surface area contributed by atoms with Crippen LogP contribution in [0.2, 0.25) is 0 Å². The monoisotopic (exact) mass is 572 g/mol. The van der Waals surface area contributed by atoms with Gasteiger partial charge in [-0.3, -0.25) is 14.6 Å². The van der Waals surface area contributed by atoms with E-state index in [1.165, 1.54) is 24.1 Å². The van der Waals surface area contributed by atoms with Crippen molar-refractivity contribution in [1.29, 1.82) is 0 Å². The number of halogens is 3. The highest BCUT2D eigenvalue weighted by Crippen LogP contribution is 2.53. The van der Waals surface area contributed by atoms with Crippen molar-refractivity contribution >= 4 is 34.8 Å². The molecule has 2 aliphatic rings. The Balaban J connectivity index is 1.29. The lowest BCUT2D eigenvalue weighted by Crippen LogP contribution is -2.45. The summed E-state index contributed by atoms with van der Waals surface area (Å²) in [4.78, 5) is 43.6. The van der Waals surface area contributed by atoms with E-state index in [2.05, 4.69) is 15.3 Å². The third kappa shape index (κ3) is 4.84. The lowest BCUT2D eigenvalue weighted by molar-refractivity contribution is -0.137. The second-order valence-electron chi connectivity index (χ2n) is 10.8. The number of amides is 2. The number of fused-ring (bicyclic) bond motifs is 2. The second-order valence-corrected chi connectivity index (χ2v) is 10.8. The number of benzene rings is 2. The fourth-order valence-corrected chi connectivity index (χ4v) is 5.28. The van der Waals surface area contributed by atoms with Crippen LogP contribution in [0, 0.1) is 13.8 Å². The Morgan fingerprint density at radius 3 is 2.50 bits per heavy atom. The molecule has 1 fully saturated rings. The molecule has 6 rings (SSSR count). The topological polar surface area (TPSA) is 91.3 Å². The predicted molar refractivity (Wildman–Crippen MR) is 152 cm³/mol. The van der Waals surface area contributed by atoms with Crippen LogP contribution in [-0.4, -0.2) is 33.8 Å². The summed E-state index contributed by atoms with van der Waals surface area (Å²) in [6, 6.07) is 13.3. The molecule has 42 heavy (non-hydrogen) atoms. The minimum atomic E-state index is -4.56. The molecule has 2 aromatic heterocycles. The number of anilines is 4. The van der Waals surface area contributed by atoms with Crippen LogP contribution < -0.4 is 15.1 Å². The molecule has 214 valence electrons. The fourth-order valence-electron chi connectivity index (χ4n) is 5.28. The van der Waals surface area contributed by atoms with Crippen molar-refractivity contribution < 1.29 is 22.8 Å². The van der Waals surface area contributed by atoms with Gasteiger partial charge in [-0.15, -0.1) is 0 Å². The smallest absolute Gasteiger partial charge is 0.323 e. The average molecular weight is 573 g/mol. The summed E-state index contributed by atoms with van der Waals surface area (Å²) < 4.78 is 39.7. The minimum absolute atomic E-state index is 0.0799. The molecule has 11 heteroatoms. The first-order chi connectivity index (χ1) is 20.0. The first-order valence-electron chi connectivity index (χ1n) is 13.4. The minimum Gasteiger partial charge on any atom is -0.323 e. The zero-order chi connectivity index (χ0) is 29.8. The number of alkyl halides is 3. The number of aromatic nitrogens is 3. The summed E-state index contributed by atoms with van der Waals surface area (Å²) in [5.41, 5.74) is 3.33. The highest BCUT2D eigenvalue weighted by atomic mass is 19.4. The Hall–Kier alpha value is -4.80. The molecule has 0 unspecified atom stereocenters. The molecule has 2 amide bonds. The Bertz CT molecular complexity index is 1720. The van der Waals surface area contributed by atoms with Gasteiger partial charge in [-0.05, 0) is 74.7 Å². The van der Waals surface area contributed by atoms with Crippen molar-refractivity contribution in [1.82, 2.24) is 15.0 Å². The van der Waals surface area contributed by atoms with Crippen LogP contribution in [0.15, 0.2) is 67.0 Å². The number of nitrogens with one attached hydrogen (secondary N) is 1. The van der Waals surface area contributed by atoms with Gasteiger partial charge < -0.3 is 15.1 Å². The van der Waals surface area contributed by atoms with Gasteiger partial charge in [0.25, 0.3) is 5.91 Å². The van der Waals surface area contributed by atoms with Crippen LogP contribution in [0.1, 0.15) is 51.3 Å². The van der Waals surface area contributed by atoms with Gasteiger partial charge in [0.2, 0.25) is 11.9 Å². The van der Waals surface area contributed by atoms with Gasteiger partial charge in [0.15, 0.2) is 0 Å². The summed E-state index contributed by atoms with van der Waals surface area (Å²) >= 11 is 0. The molecule has 1 aliphatic carbocycles. The number of hydrogen-bond acceptors (Lipinski definition) is 6. The van der Waals surface area contributed by atoms with E-state index in [9.17, 15) is 22.8 Å². The van der Waals surface area contributed by atoms with Crippen molar-refractivity contribution in [3.63, 3.8) is 0 Å². The molecular formula is C31H27F3N6O2. The van der Waals surface area contributed by atoms with Crippen LogP contribution in [0.25, 0.3) is 0 Å². The van der Waals surface area contributed by atoms with E-state index in [-0.39, 0.29) is 18.0 Å². The average Bonchev–Trinajstić information content (AvgIpc) is 3.78. The third-order valence-corrected chi connectivity index (χ3v) is 7.83. The summed E-state index contributed by atoms with van der Waals surface area (Å²) in [5, 5.41) is 3.16. The molecule has 1 aliphatic heterocycles. The number of aryl methyl sites for hydroxylation is 2. The van der Waals surface area contributed by atoms with Crippen molar-refractivity contribution in [2.75, 3.05) is 22.2 Å². The summed E-state index contributed by atoms with van der Waals surface area (Å²) in [5.74, 6) is -0.286. The standard InChI is InChI=1S/C31H27F3N6O2/c1-18-7-10-24(39(3)27(41)20-5-4-6-22(13-20)31(32,33)34)14-25(18)40-17-21-15-36-29(37-23-9-8-19(2)35-16-23)38-26(21)30(11-12-30)28(40)42/h4-10,13-16H,11-12,17H2,1-3H3,(H,36,37,38). The van der Waals surface area contributed by atoms with Crippen molar-refractivity contribution in [2.24, 2.45) is 0 Å². The molecule has 1 saturated carbocycles. The predicted octanol–water partition coefficient (Wildman–Crippen LogP) is 6.11. The zero-order valence-electron chi connectivity index (χ0n) is 23.2. The van der Waals surface area contributed by atoms with E-state index in [4.69, 9.17) is 4.98 Å². The second kappa shape index (κ2) is 9.93. The van der Waals surface area contributed by atoms with Gasteiger partial charge in [-0.1, -0.05) is 12.1 Å². The molecule has 1 spiro atoms. The Kier molecular flexibility index (Phi) is 6.47. The number of hydrogen-bond donors (Lipinski definition) is 1. The SMILES string of the molecule is Cc1ccc(Nc2ncc3c(n2)C2(CC2)C(=O)N(c2cc(N(C)C(=O)c4cccc(C(F)(F)F)c4)ccc2C)C3)cn1. The maximum atomic E-state index is 13.9. The van der Waals surface area contributed by atoms with E-state index in [1.807, 2.05) is 26.0 Å². The highest BCUT2D eigenvalue weighted by molar-refractivity contribution is 6.08. The zero-order valence-corrected chi connectivity index (χ0v) is 23.2. The summed E-state index contributed by atoms with van der Waals surface area (Å²) in [6.07, 6.45) is 0.180. The van der Waals surface area contributed by atoms with Crippen LogP contribution >= 0.6 is 0 Å². The van der Waals surface area contributed by atoms with Gasteiger partial charge in [0.1, 0.15) is 0 Å². The van der Waals surface area contributed by atoms with E-state index in [1.54, 1.807) is 35.5 Å². The molecule has 0 bridgehead atoms. The van der Waals surface area contributed by atoms with E-state index in [0.717, 1.165) is 34.6 Å². The van der Waals surface area contributed by atoms with Crippen molar-refractivity contribution in [3.05, 3.63) is 101 Å². The summed E-state index contributed by atoms with van der Waals surface area (Å²) in [6.45, 7) is 4.02. The van der Waals surface area contributed by atoms with Crippen molar-refractivity contribution in [2.45, 2.75) is 44.8 Å². The molecule has 3 heterocycles. The van der Waals surface area contributed by atoms with Gasteiger partial charge in [0, 0.05) is 41.4 Å². The van der Waals surface area contributed by atoms with E-state index >= 15 is 0 Å². The number of carbonyl (C=O) groups is 2. The molecule has 0 radical (unpaired) electrons. The maximum absolute atomic E-state index is 13.9. The first kappa shape index (κ1) is 27.4. The first-order valence-corrected chi connectivity index (χ1v) is 13.4. The maximum Gasteiger partial charge on any atom is 0.416 e. The molecule has 0 saturated heterocycles. The quantitative estimate of drug-likeness (QED) is 0.311. The van der Waals surface area contributed by atoms with Gasteiger partial charge >= 0.3 is 6.18 Å². The van der Waals surface area contributed by atoms with Crippen LogP contribution in [0.5, 0.6) is 0 Å². The Morgan fingerprint density at radius 2 is 1.81 bits per heavy atom. The molecule has 2 aromatic carbocycles. The molecule has 1 N–H and O–H groups in total. The molecule has 8 nitrogen and oxygen atoms in total. The normalized spacial score (nSPS) is 15.4. The fraction of sp³-hybridized carbons (Fsp3) is 0.258. The molecular weight excluding hydrogens is 545 g/mol. The van der Waals surface area contributed by atoms with Crippen LogP contribution in [0.3, 0.4) is 0 Å². The van der Waals surface area contributed by atoms with E-state index in [0.29, 0.717) is 35.9 Å². The highest BCUT2D eigenvalue weighted by Gasteiger charge is 2.58. The van der Waals surface area contributed by atoms with Gasteiger partial charge in [-0.25, -0.2) is 9.97 Å². The lowest BCUT2D eigenvalue weighted by atomic mass is 9.91. The Labute approximate surface area is 240 Å². The lowest BCUT2D eigenvalue weighted by Gasteiger charge is -2.35. The molecule has 0 atom stereocenters. The van der Waals surface area contributed by atoms with Crippen LogP contribution in [-0.2, 0) is 22.9 Å². The van der Waals surface area contributed by atoms with Gasteiger partial charge in [0.05, 0.1) is 35.1 Å². The largest absolute Gasteiger partial charge is 0.416 e. The third-order valence-electron chi connectivity index (χ3n) is 7.83. The number of nitrogens with zero attached hydrogens (tertiary/aromatic N) is 5. The molecule has 4 aromatic rings. The van der Waals surface area contributed by atoms with E-state index < -0.39 is 23.1 Å². The van der Waals surface area contributed by atoms with Gasteiger partial charge in [-0.2, -0.15) is 13.2 Å². The summed E-state index contributed by atoms with van der Waals surface area (Å²) in [7, 11) is 1.50. The number of rotatable bonds is 5. The van der Waals surface area contributed by atoms with Crippen molar-refractivity contribution in [3.8, 4) is 0 Å². The number of pyridine rings is 1. The number of carbonyl (C=O) groups excluding carboxylic acids is 2. The van der Waals surface area contributed by atoms with Crippen LogP contribution in [0.4, 0.5) is 36.2 Å². The Morgan fingerprint density at radius 1 is 1.02 bits per heavy atom.